The third-order valence-corrected chi connectivity index (χ3v) is 4.56. The Bertz CT molecular complexity index is 943. The number of amides is 1. The van der Waals surface area contributed by atoms with Crippen molar-refractivity contribution in [2.75, 3.05) is 16.8 Å². The Morgan fingerprint density at radius 2 is 1.96 bits per heavy atom. The summed E-state index contributed by atoms with van der Waals surface area (Å²) in [6, 6.07) is 15.3. The van der Waals surface area contributed by atoms with Crippen LogP contribution in [0.25, 0.3) is 0 Å². The van der Waals surface area contributed by atoms with Crippen molar-refractivity contribution in [2.45, 2.75) is 12.8 Å². The zero-order valence-corrected chi connectivity index (χ0v) is 14.8. The second-order valence-electron chi connectivity index (χ2n) is 6.11. The van der Waals surface area contributed by atoms with E-state index in [0.717, 1.165) is 24.2 Å². The minimum atomic E-state index is -0.126. The van der Waals surface area contributed by atoms with Crippen molar-refractivity contribution >= 4 is 34.7 Å². The van der Waals surface area contributed by atoms with E-state index in [1.165, 1.54) is 11.8 Å². The third-order valence-electron chi connectivity index (χ3n) is 4.32. The van der Waals surface area contributed by atoms with Gasteiger partial charge in [-0.15, -0.1) is 0 Å². The van der Waals surface area contributed by atoms with Crippen LogP contribution in [0, 0.1) is 0 Å². The molecule has 0 unspecified atom stereocenters. The highest BCUT2D eigenvalue weighted by Crippen LogP contribution is 2.27. The van der Waals surface area contributed by atoms with E-state index in [1.54, 1.807) is 23.2 Å². The number of rotatable bonds is 3. The molecule has 0 fully saturated rings. The Kier molecular flexibility index (Phi) is 4.54. The van der Waals surface area contributed by atoms with Crippen molar-refractivity contribution < 1.29 is 4.79 Å². The molecule has 1 N–H and O–H groups in total. The molecule has 0 spiro atoms. The number of hydrogen-bond acceptors (Lipinski definition) is 4. The number of aromatic nitrogens is 2. The minimum Gasteiger partial charge on any atom is -0.339 e. The van der Waals surface area contributed by atoms with E-state index in [2.05, 4.69) is 21.4 Å². The molecular weight excluding hydrogens is 348 g/mol. The quantitative estimate of drug-likeness (QED) is 0.745. The van der Waals surface area contributed by atoms with E-state index >= 15 is 0 Å². The molecule has 1 aliphatic heterocycles. The molecule has 0 saturated heterocycles. The van der Waals surface area contributed by atoms with Gasteiger partial charge in [-0.25, -0.2) is 9.97 Å². The predicted octanol–water partition coefficient (Wildman–Crippen LogP) is 4.47. The van der Waals surface area contributed by atoms with Crippen LogP contribution in [-0.4, -0.2) is 22.4 Å². The number of carbonyl (C=O) groups is 1. The highest BCUT2D eigenvalue weighted by molar-refractivity contribution is 6.30. The van der Waals surface area contributed by atoms with Crippen molar-refractivity contribution in [1.82, 2.24) is 9.97 Å². The molecule has 2 heterocycles. The molecule has 0 aliphatic carbocycles. The van der Waals surface area contributed by atoms with Gasteiger partial charge in [0.25, 0.3) is 5.91 Å². The number of nitrogens with one attached hydrogen (secondary N) is 1. The van der Waals surface area contributed by atoms with E-state index in [9.17, 15) is 4.79 Å². The molecule has 6 heteroatoms. The zero-order chi connectivity index (χ0) is 17.9. The summed E-state index contributed by atoms with van der Waals surface area (Å²) in [5.74, 6) is 0.432. The molecule has 0 saturated carbocycles. The van der Waals surface area contributed by atoms with Crippen LogP contribution in [0.1, 0.15) is 22.5 Å². The van der Waals surface area contributed by atoms with Crippen LogP contribution in [0.4, 0.5) is 17.2 Å². The molecule has 0 atom stereocenters. The minimum absolute atomic E-state index is 0.126. The number of nitrogens with zero attached hydrogens (tertiary/aromatic N) is 3. The lowest BCUT2D eigenvalue weighted by Crippen LogP contribution is -2.36. The van der Waals surface area contributed by atoms with Crippen LogP contribution in [0.15, 0.2) is 60.9 Å². The number of para-hydroxylation sites is 1. The number of halogens is 1. The second-order valence-corrected chi connectivity index (χ2v) is 6.55. The first kappa shape index (κ1) is 16.5. The molecule has 0 bridgehead atoms. The molecule has 2 aromatic carbocycles. The largest absolute Gasteiger partial charge is 0.339 e. The molecular formula is C20H17ClN4O. The number of carbonyl (C=O) groups excluding carboxylic acids is 1. The van der Waals surface area contributed by atoms with Gasteiger partial charge in [0, 0.05) is 22.9 Å². The Balaban J connectivity index is 1.53. The average Bonchev–Trinajstić information content (AvgIpc) is 2.68. The first-order valence-electron chi connectivity index (χ1n) is 8.45. The van der Waals surface area contributed by atoms with E-state index in [4.69, 9.17) is 11.6 Å². The summed E-state index contributed by atoms with van der Waals surface area (Å²) in [6.07, 6.45) is 5.01. The van der Waals surface area contributed by atoms with Gasteiger partial charge in [-0.05, 0) is 42.7 Å². The van der Waals surface area contributed by atoms with Gasteiger partial charge in [0.1, 0.15) is 11.5 Å². The Morgan fingerprint density at radius 1 is 1.08 bits per heavy atom. The van der Waals surface area contributed by atoms with Gasteiger partial charge in [0.2, 0.25) is 0 Å². The maximum absolute atomic E-state index is 12.9. The van der Waals surface area contributed by atoms with Crippen LogP contribution >= 0.6 is 11.6 Å². The number of fused-ring (bicyclic) bond motifs is 1. The highest BCUT2D eigenvalue weighted by atomic mass is 35.5. The second kappa shape index (κ2) is 7.14. The van der Waals surface area contributed by atoms with E-state index < -0.39 is 0 Å². The van der Waals surface area contributed by atoms with Gasteiger partial charge in [0.15, 0.2) is 0 Å². The van der Waals surface area contributed by atoms with Crippen molar-refractivity contribution in [3.05, 3.63) is 77.2 Å². The van der Waals surface area contributed by atoms with Crippen molar-refractivity contribution in [3.8, 4) is 0 Å². The normalized spacial score (nSPS) is 13.2. The Morgan fingerprint density at radius 3 is 2.77 bits per heavy atom. The molecule has 1 aromatic heterocycles. The molecule has 0 radical (unpaired) electrons. The summed E-state index contributed by atoms with van der Waals surface area (Å²) in [7, 11) is 0. The zero-order valence-electron chi connectivity index (χ0n) is 14.0. The lowest BCUT2D eigenvalue weighted by molar-refractivity contribution is 0.0980. The Labute approximate surface area is 156 Å². The van der Waals surface area contributed by atoms with Gasteiger partial charge in [0.05, 0.1) is 12.4 Å². The van der Waals surface area contributed by atoms with Crippen LogP contribution in [0.2, 0.25) is 5.02 Å². The fourth-order valence-electron chi connectivity index (χ4n) is 3.10. The first-order chi connectivity index (χ1) is 12.7. The average molecular weight is 365 g/mol. The first-order valence-corrected chi connectivity index (χ1v) is 8.83. The van der Waals surface area contributed by atoms with Crippen molar-refractivity contribution in [1.29, 1.82) is 0 Å². The van der Waals surface area contributed by atoms with Gasteiger partial charge in [-0.3, -0.25) is 4.79 Å². The lowest BCUT2D eigenvalue weighted by Gasteiger charge is -2.29. The van der Waals surface area contributed by atoms with Crippen LogP contribution in [0.5, 0.6) is 0 Å². The number of benzene rings is 2. The summed E-state index contributed by atoms with van der Waals surface area (Å²) in [6.45, 7) is 0.694. The number of anilines is 3. The monoisotopic (exact) mass is 364 g/mol. The number of aryl methyl sites for hydroxylation is 1. The smallest absolute Gasteiger partial charge is 0.278 e. The maximum Gasteiger partial charge on any atom is 0.278 e. The van der Waals surface area contributed by atoms with Gasteiger partial charge < -0.3 is 10.2 Å². The summed E-state index contributed by atoms with van der Waals surface area (Å²) in [5, 5.41) is 3.76. The summed E-state index contributed by atoms with van der Waals surface area (Å²) >= 11 is 5.98. The topological polar surface area (TPSA) is 58.1 Å². The molecule has 5 nitrogen and oxygen atoms in total. The van der Waals surface area contributed by atoms with Gasteiger partial charge >= 0.3 is 0 Å². The standard InChI is InChI=1S/C20H17ClN4O/c21-15-7-3-8-16(11-15)24-19-13-22-17(12-23-19)20(26)25-10-4-6-14-5-1-2-9-18(14)25/h1-3,5,7-9,11-13H,4,6,10H2,(H,23,24). The summed E-state index contributed by atoms with van der Waals surface area (Å²) in [4.78, 5) is 23.3. The molecule has 130 valence electrons. The Hall–Kier alpha value is -2.92. The van der Waals surface area contributed by atoms with Crippen LogP contribution in [-0.2, 0) is 6.42 Å². The van der Waals surface area contributed by atoms with Gasteiger partial charge in [-0.1, -0.05) is 35.9 Å². The summed E-state index contributed by atoms with van der Waals surface area (Å²) in [5.41, 5.74) is 3.31. The van der Waals surface area contributed by atoms with Crippen molar-refractivity contribution in [3.63, 3.8) is 0 Å². The van der Waals surface area contributed by atoms with Crippen molar-refractivity contribution in [2.24, 2.45) is 0 Å². The lowest BCUT2D eigenvalue weighted by atomic mass is 10.0. The van der Waals surface area contributed by atoms with E-state index in [1.807, 2.05) is 30.3 Å². The van der Waals surface area contributed by atoms with E-state index in [0.29, 0.717) is 23.1 Å². The third kappa shape index (κ3) is 3.39. The van der Waals surface area contributed by atoms with Crippen LogP contribution in [0.3, 0.4) is 0 Å². The highest BCUT2D eigenvalue weighted by Gasteiger charge is 2.24. The molecule has 3 aromatic rings. The summed E-state index contributed by atoms with van der Waals surface area (Å²) < 4.78 is 0. The van der Waals surface area contributed by atoms with Crippen LogP contribution < -0.4 is 10.2 Å². The maximum atomic E-state index is 12.9. The fraction of sp³-hybridized carbons (Fsp3) is 0.150. The molecule has 1 aliphatic rings. The predicted molar refractivity (Wildman–Crippen MR) is 103 cm³/mol. The molecule has 1 amide bonds. The van der Waals surface area contributed by atoms with Gasteiger partial charge in [-0.2, -0.15) is 0 Å². The number of hydrogen-bond donors (Lipinski definition) is 1. The molecule has 4 rings (SSSR count). The molecule has 26 heavy (non-hydrogen) atoms. The fourth-order valence-corrected chi connectivity index (χ4v) is 3.29. The SMILES string of the molecule is O=C(c1cnc(Nc2cccc(Cl)c2)cn1)N1CCCc2ccccc21. The van der Waals surface area contributed by atoms with E-state index in [-0.39, 0.29) is 5.91 Å².